The third-order valence-electron chi connectivity index (χ3n) is 5.49. The van der Waals surface area contributed by atoms with Gasteiger partial charge in [0.1, 0.15) is 17.6 Å². The molecule has 1 aliphatic heterocycles. The second kappa shape index (κ2) is 9.28. The first-order valence-corrected chi connectivity index (χ1v) is 9.54. The molecule has 0 spiro atoms. The van der Waals surface area contributed by atoms with E-state index in [1.807, 2.05) is 23.1 Å². The number of amides is 2. The molecule has 1 saturated carbocycles. The zero-order valence-corrected chi connectivity index (χ0v) is 16.4. The van der Waals surface area contributed by atoms with Crippen LogP contribution in [0.5, 0.6) is 11.5 Å². The molecule has 1 saturated heterocycles. The van der Waals surface area contributed by atoms with Crippen LogP contribution in [-0.2, 0) is 16.0 Å². The van der Waals surface area contributed by atoms with Gasteiger partial charge in [0.2, 0.25) is 0 Å². The van der Waals surface area contributed by atoms with Gasteiger partial charge >= 0.3 is 6.03 Å². The van der Waals surface area contributed by atoms with Gasteiger partial charge in [0.05, 0.1) is 40.0 Å². The Labute approximate surface area is 160 Å². The molecule has 1 N–H and O–H groups in total. The zero-order valence-electron chi connectivity index (χ0n) is 16.4. The molecule has 0 aromatic heterocycles. The van der Waals surface area contributed by atoms with Crippen molar-refractivity contribution >= 4 is 6.03 Å². The van der Waals surface area contributed by atoms with Crippen LogP contribution < -0.4 is 14.8 Å². The van der Waals surface area contributed by atoms with Gasteiger partial charge in [-0.3, -0.25) is 0 Å². The topological polar surface area (TPSA) is 69.3 Å². The minimum atomic E-state index is -0.126. The lowest BCUT2D eigenvalue weighted by atomic mass is 10.1. The van der Waals surface area contributed by atoms with E-state index < -0.39 is 0 Å². The van der Waals surface area contributed by atoms with E-state index in [9.17, 15) is 4.79 Å². The summed E-state index contributed by atoms with van der Waals surface area (Å²) in [5, 5.41) is 3.11. The van der Waals surface area contributed by atoms with E-state index in [1.165, 1.54) is 0 Å². The first-order chi connectivity index (χ1) is 13.2. The van der Waals surface area contributed by atoms with E-state index in [2.05, 4.69) is 5.32 Å². The molecule has 0 bridgehead atoms. The summed E-state index contributed by atoms with van der Waals surface area (Å²) in [6.07, 6.45) is 4.24. The number of methoxy groups -OCH3 is 3. The predicted molar refractivity (Wildman–Crippen MR) is 101 cm³/mol. The van der Waals surface area contributed by atoms with Crippen molar-refractivity contribution in [2.24, 2.45) is 0 Å². The van der Waals surface area contributed by atoms with Crippen molar-refractivity contribution < 1.29 is 23.7 Å². The van der Waals surface area contributed by atoms with Gasteiger partial charge in [0.15, 0.2) is 0 Å². The highest BCUT2D eigenvalue weighted by molar-refractivity contribution is 5.75. The van der Waals surface area contributed by atoms with Gasteiger partial charge in [0, 0.05) is 18.7 Å². The summed E-state index contributed by atoms with van der Waals surface area (Å²) in [4.78, 5) is 15.1. The maximum atomic E-state index is 13.1. The van der Waals surface area contributed by atoms with Crippen LogP contribution >= 0.6 is 0 Å². The van der Waals surface area contributed by atoms with Crippen molar-refractivity contribution in [2.45, 2.75) is 50.4 Å². The van der Waals surface area contributed by atoms with Crippen molar-refractivity contribution in [2.75, 3.05) is 34.5 Å². The fourth-order valence-electron chi connectivity index (χ4n) is 3.91. The van der Waals surface area contributed by atoms with E-state index in [0.717, 1.165) is 42.7 Å². The highest BCUT2D eigenvalue weighted by Gasteiger charge is 2.33. The van der Waals surface area contributed by atoms with Crippen LogP contribution in [0.25, 0.3) is 0 Å². The monoisotopic (exact) mass is 378 g/mol. The number of carbonyl (C=O) groups is 1. The van der Waals surface area contributed by atoms with E-state index >= 15 is 0 Å². The molecule has 1 heterocycles. The van der Waals surface area contributed by atoms with Crippen molar-refractivity contribution in [3.63, 3.8) is 0 Å². The number of nitrogens with zero attached hydrogens (tertiary/aromatic N) is 1. The lowest BCUT2D eigenvalue weighted by Gasteiger charge is -2.31. The quantitative estimate of drug-likeness (QED) is 0.790. The average Bonchev–Trinajstić information content (AvgIpc) is 3.37. The standard InChI is InChI=1S/C20H30N2O5/c1-24-16-8-9-18(25-2)14(10-16)11-22(15-6-4-5-7-15)20(23)21-17-12-27-13-19(17)26-3/h8-10,15,17,19H,4-7,11-13H2,1-3H3,(H,21,23)/t17-,19-/m0/s1. The molecule has 2 aliphatic rings. The molecule has 0 unspecified atom stereocenters. The predicted octanol–water partition coefficient (Wildman–Crippen LogP) is 2.57. The number of nitrogens with one attached hydrogen (secondary N) is 1. The number of rotatable bonds is 7. The minimum absolute atomic E-state index is 0.0793. The van der Waals surface area contributed by atoms with Crippen LogP contribution in [-0.4, -0.2) is 63.7 Å². The van der Waals surface area contributed by atoms with Gasteiger partial charge in [-0.15, -0.1) is 0 Å². The summed E-state index contributed by atoms with van der Waals surface area (Å²) in [5.41, 5.74) is 0.935. The molecular formula is C20H30N2O5. The molecule has 2 fully saturated rings. The van der Waals surface area contributed by atoms with Gasteiger partial charge in [-0.25, -0.2) is 4.79 Å². The molecule has 1 aromatic carbocycles. The van der Waals surface area contributed by atoms with Gasteiger partial charge in [-0.2, -0.15) is 0 Å². The highest BCUT2D eigenvalue weighted by Crippen LogP contribution is 2.30. The summed E-state index contributed by atoms with van der Waals surface area (Å²) in [6, 6.07) is 5.70. The maximum absolute atomic E-state index is 13.1. The van der Waals surface area contributed by atoms with Crippen molar-refractivity contribution in [1.82, 2.24) is 10.2 Å². The van der Waals surface area contributed by atoms with E-state index in [1.54, 1.807) is 21.3 Å². The van der Waals surface area contributed by atoms with Crippen molar-refractivity contribution in [1.29, 1.82) is 0 Å². The second-order valence-corrected chi connectivity index (χ2v) is 7.11. The Kier molecular flexibility index (Phi) is 6.79. The first-order valence-electron chi connectivity index (χ1n) is 9.54. The average molecular weight is 378 g/mol. The fraction of sp³-hybridized carbons (Fsp3) is 0.650. The van der Waals surface area contributed by atoms with Gasteiger partial charge in [-0.1, -0.05) is 12.8 Å². The normalized spacial score (nSPS) is 22.6. The fourth-order valence-corrected chi connectivity index (χ4v) is 3.91. The van der Waals surface area contributed by atoms with E-state index in [0.29, 0.717) is 19.8 Å². The number of hydrogen-bond acceptors (Lipinski definition) is 5. The third kappa shape index (κ3) is 4.65. The van der Waals surface area contributed by atoms with Crippen molar-refractivity contribution in [3.05, 3.63) is 23.8 Å². The van der Waals surface area contributed by atoms with Crippen molar-refractivity contribution in [3.8, 4) is 11.5 Å². The Hall–Kier alpha value is -1.99. The van der Waals surface area contributed by atoms with Crippen LogP contribution in [0.3, 0.4) is 0 Å². The molecule has 150 valence electrons. The third-order valence-corrected chi connectivity index (χ3v) is 5.49. The number of ether oxygens (including phenoxy) is 4. The Morgan fingerprint density at radius 2 is 1.96 bits per heavy atom. The van der Waals surface area contributed by atoms with Crippen LogP contribution in [0, 0.1) is 0 Å². The van der Waals surface area contributed by atoms with Crippen LogP contribution in [0.4, 0.5) is 4.79 Å². The molecule has 0 radical (unpaired) electrons. The summed E-state index contributed by atoms with van der Waals surface area (Å²) < 4.78 is 21.7. The van der Waals surface area contributed by atoms with Crippen LogP contribution in [0.1, 0.15) is 31.2 Å². The number of benzene rings is 1. The molecule has 2 amide bonds. The first kappa shape index (κ1) is 19.8. The Morgan fingerprint density at radius 3 is 2.63 bits per heavy atom. The van der Waals surface area contributed by atoms with Gasteiger partial charge < -0.3 is 29.2 Å². The smallest absolute Gasteiger partial charge is 0.318 e. The molecule has 3 rings (SSSR count). The number of carbonyl (C=O) groups excluding carboxylic acids is 1. The second-order valence-electron chi connectivity index (χ2n) is 7.11. The summed E-state index contributed by atoms with van der Waals surface area (Å²) >= 11 is 0. The Morgan fingerprint density at radius 1 is 1.19 bits per heavy atom. The number of urea groups is 1. The summed E-state index contributed by atoms with van der Waals surface area (Å²) in [6.45, 7) is 1.46. The lowest BCUT2D eigenvalue weighted by molar-refractivity contribution is 0.0727. The van der Waals surface area contributed by atoms with Crippen LogP contribution in [0.15, 0.2) is 18.2 Å². The molecular weight excluding hydrogens is 348 g/mol. The number of hydrogen-bond donors (Lipinski definition) is 1. The molecule has 27 heavy (non-hydrogen) atoms. The maximum Gasteiger partial charge on any atom is 0.318 e. The van der Waals surface area contributed by atoms with Crippen LogP contribution in [0.2, 0.25) is 0 Å². The summed E-state index contributed by atoms with van der Waals surface area (Å²) in [5.74, 6) is 1.51. The molecule has 1 aliphatic carbocycles. The van der Waals surface area contributed by atoms with Gasteiger partial charge in [-0.05, 0) is 31.0 Å². The lowest BCUT2D eigenvalue weighted by Crippen LogP contribution is -2.51. The Bertz CT molecular complexity index is 633. The zero-order chi connectivity index (χ0) is 19.2. The Balaban J connectivity index is 1.78. The van der Waals surface area contributed by atoms with E-state index in [4.69, 9.17) is 18.9 Å². The summed E-state index contributed by atoms with van der Waals surface area (Å²) in [7, 11) is 4.93. The molecule has 7 nitrogen and oxygen atoms in total. The van der Waals surface area contributed by atoms with E-state index in [-0.39, 0.29) is 24.2 Å². The SMILES string of the molecule is COc1ccc(OC)c(CN(C(=O)N[C@H]2COC[C@@H]2OC)C2CCCC2)c1. The molecule has 1 aromatic rings. The molecule has 2 atom stereocenters. The highest BCUT2D eigenvalue weighted by atomic mass is 16.5. The van der Waals surface area contributed by atoms with Gasteiger partial charge in [0.25, 0.3) is 0 Å². The largest absolute Gasteiger partial charge is 0.497 e. The molecule has 7 heteroatoms. The minimum Gasteiger partial charge on any atom is -0.497 e.